The third-order valence-corrected chi connectivity index (χ3v) is 6.42. The van der Waals surface area contributed by atoms with Crippen molar-refractivity contribution in [3.8, 4) is 0 Å². The quantitative estimate of drug-likeness (QED) is 0.837. The van der Waals surface area contributed by atoms with E-state index in [0.717, 1.165) is 60.2 Å². The fourth-order valence-corrected chi connectivity index (χ4v) is 5.12. The van der Waals surface area contributed by atoms with E-state index in [-0.39, 0.29) is 11.9 Å². The number of aromatic nitrogens is 2. The number of likely N-dealkylation sites (tertiary alicyclic amines) is 1. The van der Waals surface area contributed by atoms with E-state index in [2.05, 4.69) is 33.0 Å². The molecule has 0 saturated carbocycles. The molecule has 0 radical (unpaired) electrons. The Morgan fingerprint density at radius 2 is 2.19 bits per heavy atom. The lowest BCUT2D eigenvalue weighted by molar-refractivity contribution is -0.131. The molecule has 3 aliphatic heterocycles. The van der Waals surface area contributed by atoms with Gasteiger partial charge in [-0.05, 0) is 30.4 Å². The number of para-hydroxylation sites is 2. The molecule has 2 aromatic rings. The summed E-state index contributed by atoms with van der Waals surface area (Å²) in [5, 5.41) is 3.12. The maximum Gasteiger partial charge on any atom is 0.229 e. The second kappa shape index (κ2) is 6.16. The summed E-state index contributed by atoms with van der Waals surface area (Å²) < 4.78 is 2.14. The molecule has 134 valence electrons. The number of carbonyl (C=O) groups excluding carboxylic acids is 1. The lowest BCUT2D eigenvalue weighted by Crippen LogP contribution is -2.33. The molecule has 6 nitrogen and oxygen atoms in total. The maximum absolute atomic E-state index is 13.1. The summed E-state index contributed by atoms with van der Waals surface area (Å²) >= 11 is 1.63. The highest BCUT2D eigenvalue weighted by Gasteiger charge is 2.35. The Morgan fingerprint density at radius 1 is 1.31 bits per heavy atom. The van der Waals surface area contributed by atoms with Crippen LogP contribution in [-0.2, 0) is 11.8 Å². The van der Waals surface area contributed by atoms with Crippen LogP contribution < -0.4 is 0 Å². The topological polar surface area (TPSA) is 53.7 Å². The third-order valence-electron chi connectivity index (χ3n) is 5.47. The van der Waals surface area contributed by atoms with Crippen molar-refractivity contribution >= 4 is 33.9 Å². The van der Waals surface area contributed by atoms with Gasteiger partial charge in [0.25, 0.3) is 0 Å². The number of aliphatic imine (C=N–C) groups is 1. The van der Waals surface area contributed by atoms with E-state index >= 15 is 0 Å². The zero-order valence-electron chi connectivity index (χ0n) is 14.8. The molecule has 1 aromatic carbocycles. The van der Waals surface area contributed by atoms with E-state index in [1.54, 1.807) is 11.8 Å². The highest BCUT2D eigenvalue weighted by atomic mass is 32.2. The van der Waals surface area contributed by atoms with Crippen LogP contribution in [0.25, 0.3) is 11.0 Å². The van der Waals surface area contributed by atoms with Gasteiger partial charge in [-0.2, -0.15) is 0 Å². The van der Waals surface area contributed by atoms with Crippen LogP contribution in [0.1, 0.15) is 31.1 Å². The zero-order chi connectivity index (χ0) is 17.7. The second-order valence-electron chi connectivity index (χ2n) is 6.98. The molecule has 1 atom stereocenters. The Labute approximate surface area is 156 Å². The first kappa shape index (κ1) is 15.9. The van der Waals surface area contributed by atoms with Gasteiger partial charge >= 0.3 is 0 Å². The normalized spacial score (nSPS) is 22.1. The number of nitrogens with zero attached hydrogens (tertiary/aromatic N) is 5. The van der Waals surface area contributed by atoms with Gasteiger partial charge in [-0.3, -0.25) is 9.79 Å². The first-order valence-corrected chi connectivity index (χ1v) is 9.99. The van der Waals surface area contributed by atoms with Crippen molar-refractivity contribution < 1.29 is 4.79 Å². The second-order valence-corrected chi connectivity index (χ2v) is 7.82. The van der Waals surface area contributed by atoms with Gasteiger partial charge in [-0.1, -0.05) is 23.9 Å². The largest absolute Gasteiger partial charge is 0.332 e. The summed E-state index contributed by atoms with van der Waals surface area (Å²) in [6.07, 6.45) is 2.46. The van der Waals surface area contributed by atoms with Crippen LogP contribution in [0.3, 0.4) is 0 Å². The molecule has 3 aliphatic rings. The van der Waals surface area contributed by atoms with Crippen molar-refractivity contribution in [1.82, 2.24) is 19.4 Å². The predicted molar refractivity (Wildman–Crippen MR) is 104 cm³/mol. The number of carbonyl (C=O) groups is 1. The number of hydrogen-bond acceptors (Lipinski definition) is 5. The molecule has 1 fully saturated rings. The first-order chi connectivity index (χ1) is 12.7. The number of rotatable bonds is 3. The monoisotopic (exact) mass is 367 g/mol. The van der Waals surface area contributed by atoms with Crippen LogP contribution in [0.15, 0.2) is 40.4 Å². The van der Waals surface area contributed by atoms with Gasteiger partial charge in [0.15, 0.2) is 5.17 Å². The minimum absolute atomic E-state index is 0.0706. The summed E-state index contributed by atoms with van der Waals surface area (Å²) in [4.78, 5) is 26.6. The molecule has 4 heterocycles. The molecule has 1 aromatic heterocycles. The van der Waals surface area contributed by atoms with Crippen LogP contribution in [-0.4, -0.2) is 50.1 Å². The number of benzene rings is 1. The molecule has 0 N–H and O–H groups in total. The summed E-state index contributed by atoms with van der Waals surface area (Å²) in [7, 11) is 2.05. The number of amidine groups is 1. The minimum atomic E-state index is 0.0706. The molecular formula is C19H21N5OS. The Hall–Kier alpha value is -2.28. The van der Waals surface area contributed by atoms with E-state index in [0.29, 0.717) is 6.42 Å². The molecule has 1 unspecified atom stereocenters. The van der Waals surface area contributed by atoms with E-state index in [4.69, 9.17) is 4.98 Å². The van der Waals surface area contributed by atoms with Crippen molar-refractivity contribution in [2.24, 2.45) is 12.0 Å². The average Bonchev–Trinajstić information content (AvgIpc) is 3.40. The van der Waals surface area contributed by atoms with Gasteiger partial charge in [0.05, 0.1) is 30.0 Å². The number of hydrogen-bond donors (Lipinski definition) is 0. The number of aryl methyl sites for hydroxylation is 1. The van der Waals surface area contributed by atoms with Crippen molar-refractivity contribution in [2.75, 3.05) is 19.6 Å². The number of amides is 1. The van der Waals surface area contributed by atoms with E-state index in [1.807, 2.05) is 23.1 Å². The number of thioether (sulfide) groups is 1. The van der Waals surface area contributed by atoms with Gasteiger partial charge < -0.3 is 14.4 Å². The van der Waals surface area contributed by atoms with Gasteiger partial charge in [0, 0.05) is 25.8 Å². The maximum atomic E-state index is 13.1. The van der Waals surface area contributed by atoms with Crippen LogP contribution in [0.5, 0.6) is 0 Å². The lowest BCUT2D eigenvalue weighted by Gasteiger charge is -2.26. The SMILES string of the molecule is Cn1c(C2CCCN2C(=O)CC2=CSC3=NCCN23)nc2ccccc21. The molecular weight excluding hydrogens is 346 g/mol. The van der Waals surface area contributed by atoms with Crippen molar-refractivity contribution in [1.29, 1.82) is 0 Å². The van der Waals surface area contributed by atoms with Crippen molar-refractivity contribution in [3.63, 3.8) is 0 Å². The fraction of sp³-hybridized carbons (Fsp3) is 0.421. The molecule has 0 bridgehead atoms. The highest BCUT2D eigenvalue weighted by molar-refractivity contribution is 8.16. The molecule has 0 spiro atoms. The highest BCUT2D eigenvalue weighted by Crippen LogP contribution is 2.36. The lowest BCUT2D eigenvalue weighted by atomic mass is 10.2. The van der Waals surface area contributed by atoms with Crippen LogP contribution in [0.2, 0.25) is 0 Å². The summed E-state index contributed by atoms with van der Waals surface area (Å²) in [5.41, 5.74) is 3.21. The van der Waals surface area contributed by atoms with Gasteiger partial charge in [0.2, 0.25) is 5.91 Å². The van der Waals surface area contributed by atoms with Gasteiger partial charge in [0.1, 0.15) is 5.82 Å². The van der Waals surface area contributed by atoms with Crippen LogP contribution in [0, 0.1) is 0 Å². The molecule has 7 heteroatoms. The van der Waals surface area contributed by atoms with Gasteiger partial charge in [-0.15, -0.1) is 0 Å². The smallest absolute Gasteiger partial charge is 0.229 e. The standard InChI is InChI=1S/C19H21N5OS/c1-22-15-6-3-2-5-14(15)21-18(22)16-7-4-9-24(16)17(25)11-13-12-26-19-20-8-10-23(13)19/h2-3,5-6,12,16H,4,7-11H2,1H3. The molecule has 26 heavy (non-hydrogen) atoms. The van der Waals surface area contributed by atoms with Crippen molar-refractivity contribution in [3.05, 3.63) is 41.2 Å². The zero-order valence-corrected chi connectivity index (χ0v) is 15.6. The molecule has 0 aliphatic carbocycles. The Kier molecular flexibility index (Phi) is 3.77. The predicted octanol–water partition coefficient (Wildman–Crippen LogP) is 2.89. The summed E-state index contributed by atoms with van der Waals surface area (Å²) in [6.45, 7) is 2.55. The van der Waals surface area contributed by atoms with Crippen LogP contribution >= 0.6 is 11.8 Å². The van der Waals surface area contributed by atoms with Crippen LogP contribution in [0.4, 0.5) is 0 Å². The van der Waals surface area contributed by atoms with E-state index in [1.165, 1.54) is 0 Å². The van der Waals surface area contributed by atoms with Crippen molar-refractivity contribution in [2.45, 2.75) is 25.3 Å². The molecule has 1 saturated heterocycles. The minimum Gasteiger partial charge on any atom is -0.332 e. The van der Waals surface area contributed by atoms with E-state index < -0.39 is 0 Å². The average molecular weight is 367 g/mol. The summed E-state index contributed by atoms with van der Waals surface area (Å²) in [6, 6.07) is 8.23. The van der Waals surface area contributed by atoms with E-state index in [9.17, 15) is 4.79 Å². The molecule has 5 rings (SSSR count). The first-order valence-electron chi connectivity index (χ1n) is 9.11. The molecule has 1 amide bonds. The Balaban J connectivity index is 1.39. The Bertz CT molecular complexity index is 947. The summed E-state index contributed by atoms with van der Waals surface area (Å²) in [5.74, 6) is 1.19. The number of fused-ring (bicyclic) bond motifs is 2. The third kappa shape index (κ3) is 2.45. The Morgan fingerprint density at radius 3 is 3.08 bits per heavy atom. The van der Waals surface area contributed by atoms with Gasteiger partial charge in [-0.25, -0.2) is 4.98 Å². The number of imidazole rings is 1. The fourth-order valence-electron chi connectivity index (χ4n) is 4.17.